The van der Waals surface area contributed by atoms with Crippen molar-refractivity contribution in [3.63, 3.8) is 0 Å². The van der Waals surface area contributed by atoms with Crippen molar-refractivity contribution in [2.24, 2.45) is 5.92 Å². The molecular formula is C17H21FN2O4S. The minimum Gasteiger partial charge on any atom is -0.341 e. The van der Waals surface area contributed by atoms with Gasteiger partial charge in [0.1, 0.15) is 5.82 Å². The van der Waals surface area contributed by atoms with Crippen molar-refractivity contribution in [1.29, 1.82) is 0 Å². The second-order valence-electron chi connectivity index (χ2n) is 6.81. The first-order chi connectivity index (χ1) is 11.7. The molecule has 2 aliphatic rings. The molecule has 0 N–H and O–H groups in total. The molecule has 2 saturated heterocycles. The summed E-state index contributed by atoms with van der Waals surface area (Å²) in [6.07, 6.45) is 0.578. The van der Waals surface area contributed by atoms with E-state index in [1.807, 2.05) is 0 Å². The highest BCUT2D eigenvalue weighted by molar-refractivity contribution is 7.91. The average Bonchev–Trinajstić information content (AvgIpc) is 3.11. The molecule has 0 aromatic heterocycles. The van der Waals surface area contributed by atoms with Crippen molar-refractivity contribution < 1.29 is 22.4 Å². The van der Waals surface area contributed by atoms with Gasteiger partial charge in [-0.05, 0) is 24.1 Å². The van der Waals surface area contributed by atoms with Gasteiger partial charge in [0.05, 0.1) is 17.4 Å². The van der Waals surface area contributed by atoms with E-state index in [1.54, 1.807) is 24.1 Å². The summed E-state index contributed by atoms with van der Waals surface area (Å²) in [5.41, 5.74) is 0.804. The highest BCUT2D eigenvalue weighted by Gasteiger charge is 2.39. The van der Waals surface area contributed by atoms with Crippen LogP contribution in [0.5, 0.6) is 0 Å². The summed E-state index contributed by atoms with van der Waals surface area (Å²) in [7, 11) is -1.45. The van der Waals surface area contributed by atoms with Crippen molar-refractivity contribution in [2.75, 3.05) is 25.1 Å². The van der Waals surface area contributed by atoms with E-state index in [0.29, 0.717) is 19.5 Å². The van der Waals surface area contributed by atoms with Gasteiger partial charge in [0.25, 0.3) is 0 Å². The molecule has 0 aliphatic carbocycles. The molecule has 0 radical (unpaired) electrons. The van der Waals surface area contributed by atoms with Gasteiger partial charge < -0.3 is 9.80 Å². The summed E-state index contributed by atoms with van der Waals surface area (Å²) in [6, 6.07) is 5.61. The second kappa shape index (κ2) is 6.74. The third-order valence-corrected chi connectivity index (χ3v) is 6.70. The predicted molar refractivity (Wildman–Crippen MR) is 89.8 cm³/mol. The zero-order valence-corrected chi connectivity index (χ0v) is 14.8. The van der Waals surface area contributed by atoms with E-state index in [2.05, 4.69) is 0 Å². The summed E-state index contributed by atoms with van der Waals surface area (Å²) >= 11 is 0. The van der Waals surface area contributed by atoms with Gasteiger partial charge in [-0.1, -0.05) is 12.1 Å². The standard InChI is InChI=1S/C17H21FN2O4S/c1-19(15-6-7-25(23,24)11-15)17(22)13-8-16(21)20(10-13)9-12-2-4-14(18)5-3-12/h2-5,13,15H,6-11H2,1H3. The number of hydrogen-bond donors (Lipinski definition) is 0. The molecule has 0 spiro atoms. The number of hydrogen-bond acceptors (Lipinski definition) is 4. The largest absolute Gasteiger partial charge is 0.341 e. The monoisotopic (exact) mass is 368 g/mol. The first-order valence-corrected chi connectivity index (χ1v) is 10.1. The molecule has 6 nitrogen and oxygen atoms in total. The minimum absolute atomic E-state index is 0.00476. The Morgan fingerprint density at radius 2 is 2.00 bits per heavy atom. The fourth-order valence-corrected chi connectivity index (χ4v) is 5.22. The quantitative estimate of drug-likeness (QED) is 0.789. The van der Waals surface area contributed by atoms with Gasteiger partial charge in [-0.2, -0.15) is 0 Å². The van der Waals surface area contributed by atoms with Gasteiger partial charge in [-0.3, -0.25) is 9.59 Å². The summed E-state index contributed by atoms with van der Waals surface area (Å²) in [5.74, 6) is -0.990. The maximum atomic E-state index is 13.0. The maximum absolute atomic E-state index is 13.0. The number of amides is 2. The van der Waals surface area contributed by atoms with Crippen LogP contribution < -0.4 is 0 Å². The lowest BCUT2D eigenvalue weighted by atomic mass is 10.1. The molecule has 2 heterocycles. The van der Waals surface area contributed by atoms with E-state index < -0.39 is 15.8 Å². The number of carbonyl (C=O) groups excluding carboxylic acids is 2. The number of carbonyl (C=O) groups is 2. The van der Waals surface area contributed by atoms with Crippen LogP contribution in [0.1, 0.15) is 18.4 Å². The predicted octanol–water partition coefficient (Wildman–Crippen LogP) is 0.820. The molecule has 2 fully saturated rings. The third-order valence-electron chi connectivity index (χ3n) is 4.95. The lowest BCUT2D eigenvalue weighted by Gasteiger charge is -2.26. The molecule has 2 unspecified atom stereocenters. The van der Waals surface area contributed by atoms with Crippen molar-refractivity contribution in [1.82, 2.24) is 9.80 Å². The van der Waals surface area contributed by atoms with Crippen LogP contribution in [0, 0.1) is 11.7 Å². The summed E-state index contributed by atoms with van der Waals surface area (Å²) in [6.45, 7) is 0.642. The zero-order valence-electron chi connectivity index (χ0n) is 14.0. The number of nitrogens with zero attached hydrogens (tertiary/aromatic N) is 2. The smallest absolute Gasteiger partial charge is 0.228 e. The molecule has 2 atom stereocenters. The van der Waals surface area contributed by atoms with Crippen molar-refractivity contribution in [3.8, 4) is 0 Å². The Bertz CT molecular complexity index is 778. The van der Waals surface area contributed by atoms with Crippen molar-refractivity contribution in [3.05, 3.63) is 35.6 Å². The second-order valence-corrected chi connectivity index (χ2v) is 9.04. The first-order valence-electron chi connectivity index (χ1n) is 8.24. The van der Waals surface area contributed by atoms with Crippen LogP contribution in [0.3, 0.4) is 0 Å². The fraction of sp³-hybridized carbons (Fsp3) is 0.529. The van der Waals surface area contributed by atoms with E-state index in [1.165, 1.54) is 17.0 Å². The lowest BCUT2D eigenvalue weighted by molar-refractivity contribution is -0.136. The Morgan fingerprint density at radius 3 is 2.60 bits per heavy atom. The van der Waals surface area contributed by atoms with Crippen LogP contribution in [0.15, 0.2) is 24.3 Å². The third kappa shape index (κ3) is 4.00. The van der Waals surface area contributed by atoms with Crippen molar-refractivity contribution >= 4 is 21.7 Å². The normalized spacial score (nSPS) is 25.4. The van der Waals surface area contributed by atoms with E-state index in [4.69, 9.17) is 0 Å². The van der Waals surface area contributed by atoms with Gasteiger partial charge in [-0.25, -0.2) is 12.8 Å². The molecule has 136 valence electrons. The van der Waals surface area contributed by atoms with Gasteiger partial charge in [0, 0.05) is 32.6 Å². The van der Waals surface area contributed by atoms with E-state index in [-0.39, 0.29) is 41.6 Å². The minimum atomic E-state index is -3.07. The van der Waals surface area contributed by atoms with Crippen LogP contribution in [0.25, 0.3) is 0 Å². The van der Waals surface area contributed by atoms with E-state index >= 15 is 0 Å². The Morgan fingerprint density at radius 1 is 1.32 bits per heavy atom. The van der Waals surface area contributed by atoms with Gasteiger partial charge >= 0.3 is 0 Å². The topological polar surface area (TPSA) is 74.8 Å². The molecule has 25 heavy (non-hydrogen) atoms. The zero-order chi connectivity index (χ0) is 18.2. The molecule has 0 bridgehead atoms. The number of likely N-dealkylation sites (tertiary alicyclic amines) is 1. The van der Waals surface area contributed by atoms with Gasteiger partial charge in [0.2, 0.25) is 11.8 Å². The average molecular weight is 368 g/mol. The van der Waals surface area contributed by atoms with Crippen LogP contribution >= 0.6 is 0 Å². The molecule has 1 aromatic carbocycles. The van der Waals surface area contributed by atoms with Gasteiger partial charge in [0.15, 0.2) is 9.84 Å². The maximum Gasteiger partial charge on any atom is 0.228 e. The van der Waals surface area contributed by atoms with Gasteiger partial charge in [-0.15, -0.1) is 0 Å². The Balaban J connectivity index is 1.61. The van der Waals surface area contributed by atoms with Crippen LogP contribution in [0.4, 0.5) is 4.39 Å². The first kappa shape index (κ1) is 17.8. The van der Waals surface area contributed by atoms with E-state index in [0.717, 1.165) is 5.56 Å². The Labute approximate surface area is 146 Å². The molecule has 2 aliphatic heterocycles. The summed E-state index contributed by atoms with van der Waals surface area (Å²) < 4.78 is 36.1. The molecule has 2 amide bonds. The summed E-state index contributed by atoms with van der Waals surface area (Å²) in [4.78, 5) is 27.9. The SMILES string of the molecule is CN(C(=O)C1CC(=O)N(Cc2ccc(F)cc2)C1)C1CCS(=O)(=O)C1. The molecule has 1 aromatic rings. The van der Waals surface area contributed by atoms with E-state index in [9.17, 15) is 22.4 Å². The Hall–Kier alpha value is -1.96. The van der Waals surface area contributed by atoms with Crippen molar-refractivity contribution in [2.45, 2.75) is 25.4 Å². The molecule has 8 heteroatoms. The molecule has 3 rings (SSSR count). The number of sulfone groups is 1. The highest BCUT2D eigenvalue weighted by Crippen LogP contribution is 2.25. The number of rotatable bonds is 4. The number of halogens is 1. The van der Waals surface area contributed by atoms with Crippen LogP contribution in [0.2, 0.25) is 0 Å². The molecular weight excluding hydrogens is 347 g/mol. The fourth-order valence-electron chi connectivity index (χ4n) is 3.45. The van der Waals surface area contributed by atoms with Crippen LogP contribution in [-0.2, 0) is 26.0 Å². The highest BCUT2D eigenvalue weighted by atomic mass is 32.2. The summed E-state index contributed by atoms with van der Waals surface area (Å²) in [5, 5.41) is 0. The van der Waals surface area contributed by atoms with Crippen LogP contribution in [-0.4, -0.2) is 61.2 Å². The number of benzene rings is 1. The Kier molecular flexibility index (Phi) is 4.81. The molecule has 0 saturated carbocycles. The lowest BCUT2D eigenvalue weighted by Crippen LogP contribution is -2.42.